The molecule has 2 atom stereocenters. The van der Waals surface area contributed by atoms with Gasteiger partial charge in [-0.3, -0.25) is 0 Å². The van der Waals surface area contributed by atoms with Crippen LogP contribution in [0.5, 0.6) is 0 Å². The van der Waals surface area contributed by atoms with Gasteiger partial charge in [-0.05, 0) is 22.3 Å². The van der Waals surface area contributed by atoms with E-state index in [0.717, 1.165) is 0 Å². The molecule has 0 spiro atoms. The molecule has 1 heterocycles. The van der Waals surface area contributed by atoms with E-state index in [2.05, 4.69) is 86.9 Å². The van der Waals surface area contributed by atoms with Crippen molar-refractivity contribution in [3.63, 3.8) is 0 Å². The first-order valence-electron chi connectivity index (χ1n) is 9.04. The Morgan fingerprint density at radius 1 is 0.583 bits per heavy atom. The maximum Gasteiger partial charge on any atom is 0.0872 e. The average molecular weight is 345 g/mol. The number of allylic oxidation sites excluding steroid dienone is 2. The lowest BCUT2D eigenvalue weighted by atomic mass is 10.1. The second-order valence-corrected chi connectivity index (χ2v) is 18.0. The van der Waals surface area contributed by atoms with Crippen molar-refractivity contribution in [1.82, 2.24) is 0 Å². The van der Waals surface area contributed by atoms with Crippen LogP contribution < -0.4 is 0 Å². The highest BCUT2D eigenvalue weighted by atomic mass is 28.3. The van der Waals surface area contributed by atoms with Crippen LogP contribution >= 0.6 is 0 Å². The van der Waals surface area contributed by atoms with Gasteiger partial charge >= 0.3 is 0 Å². The van der Waals surface area contributed by atoms with Gasteiger partial charge in [0, 0.05) is 11.1 Å². The normalized spacial score (nSPS) is 27.5. The largest absolute Gasteiger partial charge is 0.0872 e. The van der Waals surface area contributed by atoms with Crippen molar-refractivity contribution < 1.29 is 0 Å². The minimum absolute atomic E-state index is 0.701. The smallest absolute Gasteiger partial charge is 0.0742 e. The van der Waals surface area contributed by atoms with Crippen molar-refractivity contribution in [3.8, 4) is 0 Å². The van der Waals surface area contributed by atoms with Crippen molar-refractivity contribution in [2.75, 3.05) is 0 Å². The van der Waals surface area contributed by atoms with Crippen LogP contribution in [0.25, 0.3) is 12.2 Å². The van der Waals surface area contributed by atoms with Gasteiger partial charge in [-0.1, -0.05) is 97.3 Å². The Bertz CT molecular complexity index is 853. The monoisotopic (exact) mass is 344 g/mol. The Morgan fingerprint density at radius 3 is 1.38 bits per heavy atom. The quantitative estimate of drug-likeness (QED) is 0.519. The summed E-state index contributed by atoms with van der Waals surface area (Å²) in [4.78, 5) is 0. The Labute approximate surface area is 147 Å². The summed E-state index contributed by atoms with van der Waals surface area (Å²) in [6.45, 7) is 10.5. The van der Waals surface area contributed by atoms with Crippen LogP contribution in [0.3, 0.4) is 0 Å². The summed E-state index contributed by atoms with van der Waals surface area (Å²) >= 11 is 0. The minimum atomic E-state index is -1.56. The molecule has 1 saturated heterocycles. The summed E-state index contributed by atoms with van der Waals surface area (Å²) in [6, 6.07) is 18.3. The maximum atomic E-state index is 2.61. The average Bonchev–Trinajstić information content (AvgIpc) is 3.14. The van der Waals surface area contributed by atoms with Gasteiger partial charge in [-0.2, -0.15) is 0 Å². The summed E-state index contributed by atoms with van der Waals surface area (Å²) < 4.78 is 0. The molecular formula is C22H24Si2. The zero-order valence-corrected chi connectivity index (χ0v) is 16.9. The zero-order chi connectivity index (χ0) is 16.7. The number of rotatable bonds is 0. The van der Waals surface area contributed by atoms with Crippen LogP contribution in [-0.2, 0) is 0 Å². The van der Waals surface area contributed by atoms with Gasteiger partial charge in [0.05, 0.1) is 16.1 Å². The number of benzene rings is 2. The molecule has 2 heteroatoms. The lowest BCUT2D eigenvalue weighted by molar-refractivity contribution is 1.01. The van der Waals surface area contributed by atoms with Crippen LogP contribution in [0.1, 0.15) is 33.3 Å². The van der Waals surface area contributed by atoms with Gasteiger partial charge in [0.1, 0.15) is 0 Å². The second-order valence-electron chi connectivity index (χ2n) is 8.77. The van der Waals surface area contributed by atoms with E-state index >= 15 is 0 Å². The van der Waals surface area contributed by atoms with Crippen LogP contribution in [0.4, 0.5) is 0 Å². The molecule has 1 fully saturated rings. The Morgan fingerprint density at radius 2 is 0.958 bits per heavy atom. The first-order valence-corrected chi connectivity index (χ1v) is 15.2. The highest BCUT2D eigenvalue weighted by Crippen LogP contribution is 2.61. The summed E-state index contributed by atoms with van der Waals surface area (Å²) in [5, 5.41) is 3.64. The summed E-state index contributed by atoms with van der Waals surface area (Å²) in [6.07, 6.45) is 5.16. The highest BCUT2D eigenvalue weighted by molar-refractivity contribution is 6.99. The van der Waals surface area contributed by atoms with E-state index in [0.29, 0.717) is 11.1 Å². The first-order chi connectivity index (χ1) is 11.4. The molecule has 24 heavy (non-hydrogen) atoms. The summed E-state index contributed by atoms with van der Waals surface area (Å²) in [5.74, 6) is 0. The van der Waals surface area contributed by atoms with E-state index in [-0.39, 0.29) is 0 Å². The molecule has 2 unspecified atom stereocenters. The molecule has 3 aliphatic rings. The lowest BCUT2D eigenvalue weighted by Crippen LogP contribution is -2.55. The van der Waals surface area contributed by atoms with E-state index in [1.807, 2.05) is 10.4 Å². The molecule has 2 aromatic rings. The molecule has 120 valence electrons. The van der Waals surface area contributed by atoms with E-state index in [1.165, 1.54) is 11.1 Å². The molecule has 1 aliphatic heterocycles. The standard InChI is InChI=1S/C22H24Si2/c1-23(2)19-13-15-9-6-8-12-18(15)22(19)24(3,4)20-14-16-10-5-7-11-17(16)21(20)23/h5-14,21-22H,1-4H3. The van der Waals surface area contributed by atoms with Crippen molar-refractivity contribution in [2.24, 2.45) is 0 Å². The number of hydrogen-bond donors (Lipinski definition) is 0. The van der Waals surface area contributed by atoms with Crippen LogP contribution in [0, 0.1) is 0 Å². The maximum absolute atomic E-state index is 2.61. The van der Waals surface area contributed by atoms with E-state index in [9.17, 15) is 0 Å². The molecule has 0 saturated carbocycles. The van der Waals surface area contributed by atoms with Gasteiger partial charge < -0.3 is 0 Å². The van der Waals surface area contributed by atoms with Crippen molar-refractivity contribution in [1.29, 1.82) is 0 Å². The van der Waals surface area contributed by atoms with Crippen molar-refractivity contribution >= 4 is 28.3 Å². The van der Waals surface area contributed by atoms with Crippen molar-refractivity contribution in [3.05, 3.63) is 81.2 Å². The van der Waals surface area contributed by atoms with Crippen LogP contribution in [0.15, 0.2) is 58.9 Å². The Kier molecular flexibility index (Phi) is 2.75. The fraction of sp³-hybridized carbons (Fsp3) is 0.273. The lowest BCUT2D eigenvalue weighted by Gasteiger charge is -2.50. The van der Waals surface area contributed by atoms with E-state index in [1.54, 1.807) is 11.1 Å². The van der Waals surface area contributed by atoms with Crippen LogP contribution in [0.2, 0.25) is 26.2 Å². The molecule has 0 nitrogen and oxygen atoms in total. The number of fused-ring (bicyclic) bond motifs is 6. The Balaban J connectivity index is 1.80. The third-order valence-corrected chi connectivity index (χ3v) is 15.3. The van der Waals surface area contributed by atoms with Gasteiger partial charge in [0.2, 0.25) is 0 Å². The van der Waals surface area contributed by atoms with Gasteiger partial charge in [-0.25, -0.2) is 0 Å². The Hall–Kier alpha value is -1.65. The molecule has 2 aromatic carbocycles. The van der Waals surface area contributed by atoms with E-state index < -0.39 is 16.1 Å². The fourth-order valence-electron chi connectivity index (χ4n) is 5.65. The SMILES string of the molecule is C[Si]1(C)C2=Cc3ccccc3C2[Si](C)(C)C2=Cc3ccccc3C21. The van der Waals surface area contributed by atoms with Crippen LogP contribution in [-0.4, -0.2) is 16.1 Å². The first kappa shape index (κ1) is 14.7. The second kappa shape index (κ2) is 4.50. The summed E-state index contributed by atoms with van der Waals surface area (Å²) in [7, 11) is -3.12. The fourth-order valence-corrected chi connectivity index (χ4v) is 17.4. The summed E-state index contributed by atoms with van der Waals surface area (Å²) in [5.41, 5.74) is 7.61. The predicted octanol–water partition coefficient (Wildman–Crippen LogP) is 5.94. The van der Waals surface area contributed by atoms with Gasteiger partial charge in [-0.15, -0.1) is 0 Å². The van der Waals surface area contributed by atoms with Crippen molar-refractivity contribution in [2.45, 2.75) is 37.3 Å². The predicted molar refractivity (Wildman–Crippen MR) is 109 cm³/mol. The molecule has 0 amide bonds. The molecule has 5 rings (SSSR count). The molecule has 2 aliphatic carbocycles. The molecule has 0 N–H and O–H groups in total. The zero-order valence-electron chi connectivity index (χ0n) is 14.9. The molecular weight excluding hydrogens is 320 g/mol. The molecule has 0 radical (unpaired) electrons. The topological polar surface area (TPSA) is 0 Å². The molecule has 0 aromatic heterocycles. The van der Waals surface area contributed by atoms with Gasteiger partial charge in [0.15, 0.2) is 0 Å². The molecule has 0 bridgehead atoms. The third-order valence-electron chi connectivity index (χ3n) is 6.79. The highest BCUT2D eigenvalue weighted by Gasteiger charge is 2.58. The number of hydrogen-bond acceptors (Lipinski definition) is 0. The minimum Gasteiger partial charge on any atom is -0.0742 e. The van der Waals surface area contributed by atoms with Gasteiger partial charge in [0.25, 0.3) is 0 Å². The third kappa shape index (κ3) is 1.63. The van der Waals surface area contributed by atoms with E-state index in [4.69, 9.17) is 0 Å².